The maximum Gasteiger partial charge on any atom is 0.259 e. The van der Waals surface area contributed by atoms with Gasteiger partial charge in [-0.25, -0.2) is 0 Å². The van der Waals surface area contributed by atoms with Crippen LogP contribution in [0.3, 0.4) is 0 Å². The van der Waals surface area contributed by atoms with Crippen LogP contribution < -0.4 is 14.8 Å². The van der Waals surface area contributed by atoms with Gasteiger partial charge in [0, 0.05) is 16.5 Å². The Balaban J connectivity index is 1.15. The summed E-state index contributed by atoms with van der Waals surface area (Å²) in [6, 6.07) is 25.3. The molecular weight excluding hydrogens is 494 g/mol. The minimum absolute atomic E-state index is 0.0788. The van der Waals surface area contributed by atoms with Crippen molar-refractivity contribution in [3.63, 3.8) is 0 Å². The molecule has 0 bridgehead atoms. The first kappa shape index (κ1) is 24.3. The first-order valence-electron chi connectivity index (χ1n) is 12.5. The quantitative estimate of drug-likeness (QED) is 0.240. The van der Waals surface area contributed by atoms with Crippen LogP contribution in [0.5, 0.6) is 23.0 Å². The molecule has 1 heterocycles. The van der Waals surface area contributed by atoms with E-state index in [-0.39, 0.29) is 23.4 Å². The molecule has 2 aliphatic rings. The van der Waals surface area contributed by atoms with E-state index >= 15 is 0 Å². The second-order valence-corrected chi connectivity index (χ2v) is 10.1. The molecule has 0 atom stereocenters. The Hall–Kier alpha value is -5.04. The third kappa shape index (κ3) is 4.38. The van der Waals surface area contributed by atoms with Crippen LogP contribution in [0.25, 0.3) is 0 Å². The number of carbonyl (C=O) groups excluding carboxylic acids is 4. The first-order valence-corrected chi connectivity index (χ1v) is 12.5. The summed E-state index contributed by atoms with van der Waals surface area (Å²) in [6.07, 6.45) is -0.0788. The van der Waals surface area contributed by atoms with E-state index in [4.69, 9.17) is 9.47 Å². The van der Waals surface area contributed by atoms with Crippen LogP contribution in [-0.2, 0) is 5.41 Å². The van der Waals surface area contributed by atoms with Crippen molar-refractivity contribution in [3.05, 3.63) is 118 Å². The van der Waals surface area contributed by atoms with Gasteiger partial charge in [0.2, 0.25) is 0 Å². The van der Waals surface area contributed by atoms with E-state index in [9.17, 15) is 19.2 Å². The van der Waals surface area contributed by atoms with Crippen molar-refractivity contribution in [2.24, 2.45) is 0 Å². The normalized spacial score (nSPS) is 14.2. The van der Waals surface area contributed by atoms with Crippen LogP contribution in [0.4, 0.5) is 0 Å². The number of imide groups is 1. The van der Waals surface area contributed by atoms with Crippen molar-refractivity contribution in [3.8, 4) is 23.0 Å². The van der Waals surface area contributed by atoms with E-state index in [1.54, 1.807) is 36.4 Å². The van der Waals surface area contributed by atoms with Gasteiger partial charge in [-0.3, -0.25) is 24.5 Å². The Labute approximate surface area is 224 Å². The number of benzene rings is 4. The van der Waals surface area contributed by atoms with E-state index in [0.717, 1.165) is 11.1 Å². The predicted octanol–water partition coefficient (Wildman–Crippen LogP) is 6.25. The van der Waals surface area contributed by atoms with Gasteiger partial charge >= 0.3 is 0 Å². The van der Waals surface area contributed by atoms with Gasteiger partial charge in [0.05, 0.1) is 17.5 Å². The molecule has 0 saturated carbocycles. The molecular formula is C32H23NO6. The molecule has 1 aliphatic heterocycles. The maximum absolute atomic E-state index is 12.0. The smallest absolute Gasteiger partial charge is 0.259 e. The highest BCUT2D eigenvalue weighted by Crippen LogP contribution is 2.35. The maximum atomic E-state index is 12.0. The molecule has 2 amide bonds. The molecule has 0 unspecified atom stereocenters. The number of fused-ring (bicyclic) bond motifs is 2. The van der Waals surface area contributed by atoms with Crippen LogP contribution in [0.1, 0.15) is 72.8 Å². The number of carbonyl (C=O) groups is 4. The van der Waals surface area contributed by atoms with Crippen LogP contribution in [0, 0.1) is 0 Å². The zero-order chi connectivity index (χ0) is 27.3. The number of ether oxygens (including phenoxy) is 2. The first-order chi connectivity index (χ1) is 18.7. The van der Waals surface area contributed by atoms with Gasteiger partial charge < -0.3 is 9.47 Å². The number of Topliss-reactive ketones (excluding diaryl/α,β-unsaturated/α-hetero) is 2. The number of ketones is 2. The molecule has 1 N–H and O–H groups in total. The SMILES string of the molecule is CC(C)(c1ccc(Oc2ccc3c(c2)C(=O)CC3=O)cc1)c1ccc(Oc2ccc3c(c2)C(=O)NC3=O)cc1. The third-order valence-electron chi connectivity index (χ3n) is 7.24. The Morgan fingerprint density at radius 1 is 0.538 bits per heavy atom. The van der Waals surface area contributed by atoms with Gasteiger partial charge in [0.25, 0.3) is 11.8 Å². The molecule has 4 aromatic carbocycles. The average Bonchev–Trinajstić information content (AvgIpc) is 3.37. The third-order valence-corrected chi connectivity index (χ3v) is 7.24. The van der Waals surface area contributed by atoms with Crippen molar-refractivity contribution >= 4 is 23.4 Å². The van der Waals surface area contributed by atoms with E-state index in [1.165, 1.54) is 0 Å². The lowest BCUT2D eigenvalue weighted by molar-refractivity contribution is 0.0874. The Kier molecular flexibility index (Phi) is 5.65. The Morgan fingerprint density at radius 3 is 1.54 bits per heavy atom. The fourth-order valence-electron chi connectivity index (χ4n) is 4.93. The summed E-state index contributed by atoms with van der Waals surface area (Å²) in [7, 11) is 0. The summed E-state index contributed by atoms with van der Waals surface area (Å²) in [5, 5.41) is 2.28. The van der Waals surface area contributed by atoms with Crippen molar-refractivity contribution in [2.75, 3.05) is 0 Å². The summed E-state index contributed by atoms with van der Waals surface area (Å²) in [5.41, 5.74) is 3.36. The van der Waals surface area contributed by atoms with Crippen molar-refractivity contribution in [1.29, 1.82) is 0 Å². The molecule has 0 spiro atoms. The van der Waals surface area contributed by atoms with Gasteiger partial charge in [-0.2, -0.15) is 0 Å². The van der Waals surface area contributed by atoms with Crippen molar-refractivity contribution < 1.29 is 28.7 Å². The molecule has 0 fully saturated rings. The van der Waals surface area contributed by atoms with Crippen LogP contribution in [0.15, 0.2) is 84.9 Å². The molecule has 0 saturated heterocycles. The highest BCUT2D eigenvalue weighted by Gasteiger charge is 2.28. The summed E-state index contributed by atoms with van der Waals surface area (Å²) >= 11 is 0. The zero-order valence-corrected chi connectivity index (χ0v) is 21.2. The van der Waals surface area contributed by atoms with Gasteiger partial charge in [-0.15, -0.1) is 0 Å². The van der Waals surface area contributed by atoms with Crippen molar-refractivity contribution in [2.45, 2.75) is 25.7 Å². The predicted molar refractivity (Wildman–Crippen MR) is 143 cm³/mol. The molecule has 1 aliphatic carbocycles. The lowest BCUT2D eigenvalue weighted by Gasteiger charge is -2.26. The minimum atomic E-state index is -0.423. The Morgan fingerprint density at radius 2 is 0.974 bits per heavy atom. The summed E-state index contributed by atoms with van der Waals surface area (Å²) in [6.45, 7) is 4.25. The van der Waals surface area contributed by atoms with Crippen LogP contribution >= 0.6 is 0 Å². The van der Waals surface area contributed by atoms with E-state index in [0.29, 0.717) is 45.3 Å². The van der Waals surface area contributed by atoms with Crippen LogP contribution in [0.2, 0.25) is 0 Å². The molecule has 0 aromatic heterocycles. The standard InChI is InChI=1S/C32H23NO6/c1-32(2,18-3-7-20(8-4-18)38-22-11-13-24-26(15-22)29(35)17-28(24)34)19-5-9-21(10-6-19)39-23-12-14-25-27(16-23)31(37)33-30(25)36/h3-16H,17H2,1-2H3,(H,33,36,37). The number of amides is 2. The molecule has 4 aromatic rings. The second-order valence-electron chi connectivity index (χ2n) is 10.1. The molecule has 7 nitrogen and oxygen atoms in total. The molecule has 6 rings (SSSR count). The lowest BCUT2D eigenvalue weighted by atomic mass is 9.78. The van der Waals surface area contributed by atoms with Gasteiger partial charge in [-0.05, 0) is 71.8 Å². The topological polar surface area (TPSA) is 98.8 Å². The average molecular weight is 518 g/mol. The second kappa shape index (κ2) is 9.06. The monoisotopic (exact) mass is 517 g/mol. The highest BCUT2D eigenvalue weighted by atomic mass is 16.5. The number of hydrogen-bond donors (Lipinski definition) is 1. The summed E-state index contributed by atoms with van der Waals surface area (Å²) in [5.74, 6) is 1.07. The number of rotatable bonds is 6. The molecule has 0 radical (unpaired) electrons. The van der Waals surface area contributed by atoms with Gasteiger partial charge in [0.1, 0.15) is 23.0 Å². The molecule has 192 valence electrons. The van der Waals surface area contributed by atoms with E-state index < -0.39 is 11.8 Å². The Bertz CT molecular complexity index is 1560. The largest absolute Gasteiger partial charge is 0.457 e. The number of nitrogens with one attached hydrogen (secondary N) is 1. The lowest BCUT2D eigenvalue weighted by Crippen LogP contribution is -2.19. The zero-order valence-electron chi connectivity index (χ0n) is 21.2. The van der Waals surface area contributed by atoms with E-state index in [1.807, 2.05) is 48.5 Å². The van der Waals surface area contributed by atoms with Gasteiger partial charge in [-0.1, -0.05) is 38.1 Å². The highest BCUT2D eigenvalue weighted by molar-refractivity contribution is 6.24. The molecule has 7 heteroatoms. The van der Waals surface area contributed by atoms with Crippen molar-refractivity contribution in [1.82, 2.24) is 5.32 Å². The van der Waals surface area contributed by atoms with Gasteiger partial charge in [0.15, 0.2) is 11.6 Å². The molecule has 39 heavy (non-hydrogen) atoms. The number of hydrogen-bond acceptors (Lipinski definition) is 6. The summed E-state index contributed by atoms with van der Waals surface area (Å²) < 4.78 is 11.9. The van der Waals surface area contributed by atoms with Crippen LogP contribution in [-0.4, -0.2) is 23.4 Å². The minimum Gasteiger partial charge on any atom is -0.457 e. The fourth-order valence-corrected chi connectivity index (χ4v) is 4.93. The summed E-state index contributed by atoms with van der Waals surface area (Å²) in [4.78, 5) is 47.6. The van der Waals surface area contributed by atoms with E-state index in [2.05, 4.69) is 19.2 Å². The fraction of sp³-hybridized carbons (Fsp3) is 0.125.